The van der Waals surface area contributed by atoms with Crippen molar-refractivity contribution in [1.82, 2.24) is 14.4 Å². The number of aromatic nitrogens is 1. The fraction of sp³-hybridized carbons (Fsp3) is 0.400. The minimum atomic E-state index is -0.346. The summed E-state index contributed by atoms with van der Waals surface area (Å²) in [6, 6.07) is 13.8. The summed E-state index contributed by atoms with van der Waals surface area (Å²) < 4.78 is 7.59. The van der Waals surface area contributed by atoms with E-state index in [1.165, 1.54) is 16.5 Å². The number of methoxy groups -OCH3 is 1. The number of carbonyl (C=O) groups is 1. The van der Waals surface area contributed by atoms with Crippen LogP contribution >= 0.6 is 11.6 Å². The number of fused-ring (bicyclic) bond motifs is 4. The molecule has 1 aromatic heterocycles. The van der Waals surface area contributed by atoms with Crippen molar-refractivity contribution in [2.75, 3.05) is 33.4 Å². The first-order valence-electron chi connectivity index (χ1n) is 10.9. The van der Waals surface area contributed by atoms with Crippen LogP contribution in [0.4, 0.5) is 0 Å². The zero-order valence-electron chi connectivity index (χ0n) is 18.6. The van der Waals surface area contributed by atoms with Crippen LogP contribution in [0.1, 0.15) is 29.8 Å². The minimum Gasteiger partial charge on any atom is -0.497 e. The molecule has 0 radical (unpaired) electrons. The Labute approximate surface area is 192 Å². The van der Waals surface area contributed by atoms with Gasteiger partial charge in [0.15, 0.2) is 0 Å². The van der Waals surface area contributed by atoms with Crippen molar-refractivity contribution in [1.29, 1.82) is 0 Å². The Morgan fingerprint density at radius 1 is 1.19 bits per heavy atom. The standard InChI is InChI=1S/C25H28ClN3O3/c1-16(31)29-15-25(13-28(14-25)11-17-4-6-18(26)7-5-17)23-20-9-8-19(32-3)10-21(20)27(2)24(23)22(29)12-30/h4-10,22,30H,11-15H2,1-3H3/t22-/m1/s1. The summed E-state index contributed by atoms with van der Waals surface area (Å²) in [7, 11) is 3.69. The van der Waals surface area contributed by atoms with E-state index in [0.29, 0.717) is 6.54 Å². The first kappa shape index (κ1) is 21.3. The van der Waals surface area contributed by atoms with E-state index in [2.05, 4.69) is 27.7 Å². The lowest BCUT2D eigenvalue weighted by molar-refractivity contribution is -0.136. The van der Waals surface area contributed by atoms with E-state index in [0.717, 1.165) is 41.6 Å². The van der Waals surface area contributed by atoms with Crippen LogP contribution in [-0.2, 0) is 23.8 Å². The third kappa shape index (κ3) is 3.20. The van der Waals surface area contributed by atoms with Crippen molar-refractivity contribution in [3.8, 4) is 5.75 Å². The number of rotatable bonds is 4. The normalized spacial score (nSPS) is 19.8. The molecule has 1 saturated heterocycles. The number of hydrogen-bond acceptors (Lipinski definition) is 4. The quantitative estimate of drug-likeness (QED) is 0.657. The Morgan fingerprint density at radius 2 is 1.91 bits per heavy atom. The van der Waals surface area contributed by atoms with E-state index < -0.39 is 0 Å². The molecule has 0 aliphatic carbocycles. The first-order valence-corrected chi connectivity index (χ1v) is 11.3. The smallest absolute Gasteiger partial charge is 0.220 e. The van der Waals surface area contributed by atoms with Gasteiger partial charge in [-0.1, -0.05) is 23.7 Å². The zero-order valence-corrected chi connectivity index (χ0v) is 19.4. The van der Waals surface area contributed by atoms with Crippen molar-refractivity contribution in [2.24, 2.45) is 7.05 Å². The minimum absolute atomic E-state index is 0.00642. The molecule has 0 unspecified atom stereocenters. The predicted octanol–water partition coefficient (Wildman–Crippen LogP) is 3.49. The number of nitrogens with zero attached hydrogens (tertiary/aromatic N) is 3. The van der Waals surface area contributed by atoms with Crippen LogP contribution in [0, 0.1) is 0 Å². The number of halogens is 1. The largest absolute Gasteiger partial charge is 0.497 e. The number of carbonyl (C=O) groups excluding carboxylic acids is 1. The van der Waals surface area contributed by atoms with Gasteiger partial charge in [-0.15, -0.1) is 0 Å². The van der Waals surface area contributed by atoms with Gasteiger partial charge in [-0.05, 0) is 35.4 Å². The van der Waals surface area contributed by atoms with Crippen LogP contribution in [0.5, 0.6) is 5.75 Å². The maximum absolute atomic E-state index is 12.6. The summed E-state index contributed by atoms with van der Waals surface area (Å²) in [4.78, 5) is 16.9. The van der Waals surface area contributed by atoms with Gasteiger partial charge in [0.25, 0.3) is 0 Å². The molecule has 2 aromatic carbocycles. The Hall–Kier alpha value is -2.54. The number of aliphatic hydroxyl groups excluding tert-OH is 1. The molecule has 2 aliphatic rings. The van der Waals surface area contributed by atoms with Crippen molar-refractivity contribution >= 4 is 28.4 Å². The molecule has 1 amide bonds. The number of ether oxygens (including phenoxy) is 1. The second-order valence-corrected chi connectivity index (χ2v) is 9.54. The summed E-state index contributed by atoms with van der Waals surface area (Å²) in [5, 5.41) is 12.2. The highest BCUT2D eigenvalue weighted by atomic mass is 35.5. The number of aryl methyl sites for hydroxylation is 1. The van der Waals surface area contributed by atoms with E-state index in [9.17, 15) is 9.90 Å². The number of amides is 1. The number of likely N-dealkylation sites (tertiary alicyclic amines) is 1. The number of aliphatic hydroxyl groups is 1. The first-order chi connectivity index (χ1) is 15.4. The fourth-order valence-corrected chi connectivity index (χ4v) is 5.84. The van der Waals surface area contributed by atoms with Crippen LogP contribution in [0.25, 0.3) is 10.9 Å². The van der Waals surface area contributed by atoms with Gasteiger partial charge in [0.1, 0.15) is 5.75 Å². The van der Waals surface area contributed by atoms with E-state index in [-0.39, 0.29) is 24.0 Å². The SMILES string of the molecule is COc1ccc2c3c(n(C)c2c1)[C@@H](CO)N(C(C)=O)CC31CN(Cc2ccc(Cl)cc2)C1. The molecule has 6 nitrogen and oxygen atoms in total. The molecule has 5 rings (SSSR count). The number of benzene rings is 2. The van der Waals surface area contributed by atoms with E-state index in [4.69, 9.17) is 16.3 Å². The molecule has 1 atom stereocenters. The molecule has 1 spiro atoms. The molecular formula is C25H28ClN3O3. The lowest BCUT2D eigenvalue weighted by atomic mass is 9.68. The maximum atomic E-state index is 12.6. The monoisotopic (exact) mass is 453 g/mol. The molecule has 2 aliphatic heterocycles. The van der Waals surface area contributed by atoms with Gasteiger partial charge in [-0.3, -0.25) is 9.69 Å². The van der Waals surface area contributed by atoms with Gasteiger partial charge in [0.05, 0.1) is 25.3 Å². The fourth-order valence-electron chi connectivity index (χ4n) is 5.72. The highest BCUT2D eigenvalue weighted by molar-refractivity contribution is 6.30. The Kier molecular flexibility index (Phi) is 5.19. The summed E-state index contributed by atoms with van der Waals surface area (Å²) in [5.74, 6) is 0.791. The average Bonchev–Trinajstić information content (AvgIpc) is 3.06. The molecule has 3 heterocycles. The summed E-state index contributed by atoms with van der Waals surface area (Å²) in [6.07, 6.45) is 0. The molecule has 168 valence electrons. The molecule has 0 bridgehead atoms. The highest BCUT2D eigenvalue weighted by Crippen LogP contribution is 2.49. The highest BCUT2D eigenvalue weighted by Gasteiger charge is 2.53. The Morgan fingerprint density at radius 3 is 2.53 bits per heavy atom. The Balaban J connectivity index is 1.58. The lowest BCUT2D eigenvalue weighted by Gasteiger charge is -2.56. The van der Waals surface area contributed by atoms with Gasteiger partial charge < -0.3 is 19.3 Å². The van der Waals surface area contributed by atoms with Crippen LogP contribution in [0.15, 0.2) is 42.5 Å². The number of hydrogen-bond donors (Lipinski definition) is 1. The molecule has 3 aromatic rings. The second-order valence-electron chi connectivity index (χ2n) is 9.10. The molecule has 0 saturated carbocycles. The van der Waals surface area contributed by atoms with E-state index in [1.807, 2.05) is 36.2 Å². The van der Waals surface area contributed by atoms with Crippen molar-refractivity contribution < 1.29 is 14.6 Å². The molecule has 32 heavy (non-hydrogen) atoms. The molecule has 1 N–H and O–H groups in total. The van der Waals surface area contributed by atoms with Gasteiger partial charge in [0.2, 0.25) is 5.91 Å². The third-order valence-electron chi connectivity index (χ3n) is 7.10. The van der Waals surface area contributed by atoms with Crippen molar-refractivity contribution in [3.63, 3.8) is 0 Å². The van der Waals surface area contributed by atoms with Crippen LogP contribution in [0.3, 0.4) is 0 Å². The molecule has 1 fully saturated rings. The van der Waals surface area contributed by atoms with Crippen LogP contribution in [-0.4, -0.2) is 58.7 Å². The predicted molar refractivity (Wildman–Crippen MR) is 125 cm³/mol. The van der Waals surface area contributed by atoms with Crippen LogP contribution < -0.4 is 4.74 Å². The Bertz CT molecular complexity index is 1180. The van der Waals surface area contributed by atoms with E-state index in [1.54, 1.807) is 14.0 Å². The average molecular weight is 454 g/mol. The third-order valence-corrected chi connectivity index (χ3v) is 7.35. The van der Waals surface area contributed by atoms with E-state index >= 15 is 0 Å². The van der Waals surface area contributed by atoms with Gasteiger partial charge in [0, 0.05) is 67.7 Å². The summed E-state index contributed by atoms with van der Waals surface area (Å²) in [5.41, 5.74) is 4.42. The van der Waals surface area contributed by atoms with Gasteiger partial charge >= 0.3 is 0 Å². The van der Waals surface area contributed by atoms with Crippen LogP contribution in [0.2, 0.25) is 5.02 Å². The van der Waals surface area contributed by atoms with Crippen molar-refractivity contribution in [3.05, 3.63) is 64.3 Å². The molecular weight excluding hydrogens is 426 g/mol. The summed E-state index contributed by atoms with van der Waals surface area (Å²) >= 11 is 6.04. The second kappa shape index (κ2) is 7.80. The lowest BCUT2D eigenvalue weighted by Crippen LogP contribution is -2.66. The topological polar surface area (TPSA) is 57.9 Å². The summed E-state index contributed by atoms with van der Waals surface area (Å²) in [6.45, 7) is 4.67. The van der Waals surface area contributed by atoms with Crippen molar-refractivity contribution in [2.45, 2.75) is 24.9 Å². The van der Waals surface area contributed by atoms with Gasteiger partial charge in [-0.2, -0.15) is 0 Å². The zero-order chi connectivity index (χ0) is 22.6. The molecule has 7 heteroatoms. The van der Waals surface area contributed by atoms with Gasteiger partial charge in [-0.25, -0.2) is 0 Å². The maximum Gasteiger partial charge on any atom is 0.220 e.